The van der Waals surface area contributed by atoms with Gasteiger partial charge in [0.05, 0.1) is 11.6 Å². The summed E-state index contributed by atoms with van der Waals surface area (Å²) in [7, 11) is 0. The minimum atomic E-state index is -0.398. The van der Waals surface area contributed by atoms with Gasteiger partial charge in [-0.05, 0) is 60.2 Å². The summed E-state index contributed by atoms with van der Waals surface area (Å²) in [5, 5.41) is 10.8. The Labute approximate surface area is 200 Å². The van der Waals surface area contributed by atoms with E-state index in [4.69, 9.17) is 4.74 Å². The largest absolute Gasteiger partial charge is 0.508 e. The molecule has 4 nitrogen and oxygen atoms in total. The van der Waals surface area contributed by atoms with E-state index in [1.165, 1.54) is 35.6 Å². The minimum Gasteiger partial charge on any atom is -0.508 e. The fourth-order valence-corrected chi connectivity index (χ4v) is 5.45. The van der Waals surface area contributed by atoms with Crippen LogP contribution < -0.4 is 4.74 Å². The van der Waals surface area contributed by atoms with Gasteiger partial charge >= 0.3 is 0 Å². The molecular weight excluding hydrogens is 456 g/mol. The fourth-order valence-electron chi connectivity index (χ4n) is 4.23. The van der Waals surface area contributed by atoms with Crippen LogP contribution in [-0.4, -0.2) is 48.7 Å². The summed E-state index contributed by atoms with van der Waals surface area (Å²) in [5.74, 6) is 0.412. The van der Waals surface area contributed by atoms with Gasteiger partial charge in [0, 0.05) is 46.8 Å². The molecule has 0 aliphatic carbocycles. The highest BCUT2D eigenvalue weighted by molar-refractivity contribution is 7.21. The van der Waals surface area contributed by atoms with Crippen molar-refractivity contribution in [2.75, 3.05) is 32.9 Å². The fraction of sp³-hybridized carbons (Fsp3) is 0.222. The van der Waals surface area contributed by atoms with Gasteiger partial charge in [-0.25, -0.2) is 4.39 Å². The first-order valence-electron chi connectivity index (χ1n) is 11.1. The van der Waals surface area contributed by atoms with Crippen LogP contribution in [0.1, 0.15) is 15.2 Å². The zero-order valence-electron chi connectivity index (χ0n) is 18.3. The first-order chi connectivity index (χ1) is 16.5. The number of benzene rings is 3. The SMILES string of the molecule is O=C(c1ccc(F)cc1)c1sc2cc(O)ccc2c1-c1ccc(OCCN2CC(CF)C2)cc1. The summed E-state index contributed by atoms with van der Waals surface area (Å²) in [4.78, 5) is 16.0. The number of likely N-dealkylation sites (tertiary alicyclic amines) is 1. The summed E-state index contributed by atoms with van der Waals surface area (Å²) in [5.41, 5.74) is 2.03. The molecule has 1 aliphatic heterocycles. The van der Waals surface area contributed by atoms with Crippen LogP contribution in [0.3, 0.4) is 0 Å². The molecule has 1 N–H and O–H groups in total. The smallest absolute Gasteiger partial charge is 0.203 e. The Bertz CT molecular complexity index is 1310. The molecule has 174 valence electrons. The van der Waals surface area contributed by atoms with Crippen LogP contribution in [0.5, 0.6) is 11.5 Å². The number of thiophene rings is 1. The number of carbonyl (C=O) groups excluding carboxylic acids is 1. The van der Waals surface area contributed by atoms with Gasteiger partial charge in [-0.3, -0.25) is 14.1 Å². The highest BCUT2D eigenvalue weighted by atomic mass is 32.1. The van der Waals surface area contributed by atoms with E-state index in [9.17, 15) is 18.7 Å². The van der Waals surface area contributed by atoms with Gasteiger partial charge in [-0.1, -0.05) is 12.1 Å². The Hall–Kier alpha value is -3.29. The summed E-state index contributed by atoms with van der Waals surface area (Å²) in [6.45, 7) is 2.58. The van der Waals surface area contributed by atoms with Crippen LogP contribution in [0, 0.1) is 11.7 Å². The van der Waals surface area contributed by atoms with E-state index in [0.29, 0.717) is 17.0 Å². The van der Waals surface area contributed by atoms with E-state index in [1.807, 2.05) is 24.3 Å². The number of phenolic OH excluding ortho intramolecular Hbond substituents is 1. The number of fused-ring (bicyclic) bond motifs is 1. The van der Waals surface area contributed by atoms with Crippen molar-refractivity contribution in [3.63, 3.8) is 0 Å². The number of halogens is 2. The van der Waals surface area contributed by atoms with Crippen LogP contribution in [0.15, 0.2) is 66.7 Å². The Morgan fingerprint density at radius 1 is 1.06 bits per heavy atom. The molecule has 0 saturated carbocycles. The van der Waals surface area contributed by atoms with Crippen molar-refractivity contribution in [2.45, 2.75) is 0 Å². The molecule has 5 rings (SSSR count). The van der Waals surface area contributed by atoms with Crippen LogP contribution in [-0.2, 0) is 0 Å². The molecular formula is C27H23F2NO3S. The van der Waals surface area contributed by atoms with E-state index in [0.717, 1.165) is 46.6 Å². The Balaban J connectivity index is 1.40. The number of rotatable bonds is 8. The van der Waals surface area contributed by atoms with Crippen molar-refractivity contribution in [3.8, 4) is 22.6 Å². The normalized spacial score (nSPS) is 14.3. The number of phenols is 1. The predicted molar refractivity (Wildman–Crippen MR) is 130 cm³/mol. The molecule has 7 heteroatoms. The molecule has 0 bridgehead atoms. The van der Waals surface area contributed by atoms with Gasteiger partial charge < -0.3 is 9.84 Å². The highest BCUT2D eigenvalue weighted by Crippen LogP contribution is 2.41. The third-order valence-corrected chi connectivity index (χ3v) is 7.21. The second-order valence-electron chi connectivity index (χ2n) is 8.48. The molecule has 0 radical (unpaired) electrons. The van der Waals surface area contributed by atoms with Crippen LogP contribution in [0.25, 0.3) is 21.2 Å². The van der Waals surface area contributed by atoms with Gasteiger partial charge in [0.1, 0.15) is 23.9 Å². The number of ether oxygens (including phenoxy) is 1. The van der Waals surface area contributed by atoms with Crippen LogP contribution in [0.4, 0.5) is 8.78 Å². The van der Waals surface area contributed by atoms with Gasteiger partial charge in [0.2, 0.25) is 5.78 Å². The molecule has 1 aromatic heterocycles. The number of ketones is 1. The zero-order valence-corrected chi connectivity index (χ0v) is 19.2. The second kappa shape index (κ2) is 9.52. The Morgan fingerprint density at radius 3 is 2.50 bits per heavy atom. The lowest BCUT2D eigenvalue weighted by atomic mass is 9.98. The van der Waals surface area contributed by atoms with Crippen molar-refractivity contribution < 1.29 is 23.4 Å². The minimum absolute atomic E-state index is 0.130. The standard InChI is InChI=1S/C27H23F2NO3S/c28-14-17-15-30(16-17)11-12-33-22-8-3-18(4-9-22)25-23-10-7-21(31)13-24(23)34-27(25)26(32)19-1-5-20(29)6-2-19/h1-10,13,17,31H,11-12,14-16H2. The third kappa shape index (κ3) is 4.54. The predicted octanol–water partition coefficient (Wildman–Crippen LogP) is 5.92. The molecule has 0 amide bonds. The summed E-state index contributed by atoms with van der Waals surface area (Å²) >= 11 is 1.31. The number of alkyl halides is 1. The number of hydrogen-bond donors (Lipinski definition) is 1. The molecule has 0 spiro atoms. The maximum absolute atomic E-state index is 13.4. The lowest BCUT2D eigenvalue weighted by Gasteiger charge is -2.37. The molecule has 1 fully saturated rings. The maximum Gasteiger partial charge on any atom is 0.203 e. The van der Waals surface area contributed by atoms with Crippen molar-refractivity contribution >= 4 is 27.2 Å². The molecule has 2 heterocycles. The van der Waals surface area contributed by atoms with Gasteiger partial charge in [-0.2, -0.15) is 0 Å². The lowest BCUT2D eigenvalue weighted by Crippen LogP contribution is -2.49. The number of aromatic hydroxyl groups is 1. The molecule has 0 atom stereocenters. The molecule has 1 saturated heterocycles. The number of carbonyl (C=O) groups is 1. The topological polar surface area (TPSA) is 49.8 Å². The molecule has 3 aromatic carbocycles. The summed E-state index contributed by atoms with van der Waals surface area (Å²) in [6, 6.07) is 18.1. The third-order valence-electron chi connectivity index (χ3n) is 6.06. The van der Waals surface area contributed by atoms with Crippen molar-refractivity contribution in [3.05, 3.63) is 83.0 Å². The van der Waals surface area contributed by atoms with Crippen molar-refractivity contribution in [1.82, 2.24) is 4.90 Å². The lowest BCUT2D eigenvalue weighted by molar-refractivity contribution is 0.0668. The zero-order chi connectivity index (χ0) is 23.7. The van der Waals surface area contributed by atoms with Crippen molar-refractivity contribution in [1.29, 1.82) is 0 Å². The van der Waals surface area contributed by atoms with E-state index >= 15 is 0 Å². The maximum atomic E-state index is 13.4. The van der Waals surface area contributed by atoms with Gasteiger partial charge in [0.25, 0.3) is 0 Å². The second-order valence-corrected chi connectivity index (χ2v) is 9.53. The average Bonchev–Trinajstić information content (AvgIpc) is 3.19. The Morgan fingerprint density at radius 2 is 1.79 bits per heavy atom. The van der Waals surface area contributed by atoms with Gasteiger partial charge in [0.15, 0.2) is 0 Å². The highest BCUT2D eigenvalue weighted by Gasteiger charge is 2.26. The summed E-state index contributed by atoms with van der Waals surface area (Å²) < 4.78 is 32.6. The van der Waals surface area contributed by atoms with Gasteiger partial charge in [-0.15, -0.1) is 11.3 Å². The van der Waals surface area contributed by atoms with Crippen LogP contribution >= 0.6 is 11.3 Å². The molecule has 1 aliphatic rings. The summed E-state index contributed by atoms with van der Waals surface area (Å²) in [6.07, 6.45) is 0. The van der Waals surface area contributed by atoms with E-state index in [1.54, 1.807) is 18.2 Å². The molecule has 34 heavy (non-hydrogen) atoms. The first-order valence-corrected chi connectivity index (χ1v) is 11.9. The van der Waals surface area contributed by atoms with E-state index in [-0.39, 0.29) is 24.1 Å². The van der Waals surface area contributed by atoms with E-state index < -0.39 is 5.82 Å². The molecule has 4 aromatic rings. The van der Waals surface area contributed by atoms with Crippen LogP contribution in [0.2, 0.25) is 0 Å². The first kappa shape index (κ1) is 22.5. The number of hydrogen-bond acceptors (Lipinski definition) is 5. The quantitative estimate of drug-likeness (QED) is 0.319. The Kier molecular flexibility index (Phi) is 6.30. The molecule has 0 unspecified atom stereocenters. The van der Waals surface area contributed by atoms with Crippen molar-refractivity contribution in [2.24, 2.45) is 5.92 Å². The number of nitrogens with zero attached hydrogens (tertiary/aromatic N) is 1. The van der Waals surface area contributed by atoms with E-state index in [2.05, 4.69) is 4.90 Å². The monoisotopic (exact) mass is 479 g/mol. The average molecular weight is 480 g/mol.